The molecule has 0 bridgehead atoms. The van der Waals surface area contributed by atoms with Crippen LogP contribution in [0.5, 0.6) is 0 Å². The maximum absolute atomic E-state index is 14.1. The van der Waals surface area contributed by atoms with Crippen LogP contribution in [-0.2, 0) is 0 Å². The Morgan fingerprint density at radius 2 is 1.95 bits per heavy atom. The van der Waals surface area contributed by atoms with E-state index in [1.54, 1.807) is 18.2 Å². The summed E-state index contributed by atoms with van der Waals surface area (Å²) in [5.74, 6) is -0.368. The molecule has 0 aromatic heterocycles. The van der Waals surface area contributed by atoms with Crippen molar-refractivity contribution in [2.45, 2.75) is 39.8 Å². The molecule has 108 valence electrons. The smallest absolute Gasteiger partial charge is 0.146 e. The zero-order chi connectivity index (χ0) is 14.8. The molecule has 0 amide bonds. The highest BCUT2D eigenvalue weighted by Crippen LogP contribution is 2.32. The van der Waals surface area contributed by atoms with Crippen LogP contribution in [-0.4, -0.2) is 24.5 Å². The summed E-state index contributed by atoms with van der Waals surface area (Å²) in [6.45, 7) is 8.97. The van der Waals surface area contributed by atoms with Crippen molar-refractivity contribution in [1.29, 1.82) is 0 Å². The van der Waals surface area contributed by atoms with Crippen molar-refractivity contribution in [3.8, 4) is 0 Å². The highest BCUT2D eigenvalue weighted by Gasteiger charge is 2.30. The van der Waals surface area contributed by atoms with Crippen LogP contribution in [0.2, 0.25) is 5.02 Å². The number of halogens is 2. The largest absolute Gasteiger partial charge is 0.329 e. The monoisotopic (exact) mass is 286 g/mol. The van der Waals surface area contributed by atoms with Gasteiger partial charge in [-0.25, -0.2) is 4.39 Å². The Kier molecular flexibility index (Phi) is 5.36. The van der Waals surface area contributed by atoms with E-state index in [-0.39, 0.29) is 28.3 Å². The van der Waals surface area contributed by atoms with Gasteiger partial charge in [-0.2, -0.15) is 0 Å². The first-order valence-electron chi connectivity index (χ1n) is 6.56. The van der Waals surface area contributed by atoms with Gasteiger partial charge < -0.3 is 5.73 Å². The molecule has 1 aromatic rings. The molecule has 4 heteroatoms. The first-order valence-corrected chi connectivity index (χ1v) is 6.93. The van der Waals surface area contributed by atoms with Crippen molar-refractivity contribution in [3.63, 3.8) is 0 Å². The lowest BCUT2D eigenvalue weighted by Gasteiger charge is -2.40. The number of nitrogens with zero attached hydrogens (tertiary/aromatic N) is 1. The van der Waals surface area contributed by atoms with Crippen molar-refractivity contribution in [2.75, 3.05) is 13.6 Å². The zero-order valence-electron chi connectivity index (χ0n) is 12.4. The van der Waals surface area contributed by atoms with Crippen LogP contribution >= 0.6 is 11.6 Å². The second-order valence-electron chi connectivity index (χ2n) is 6.10. The molecule has 0 saturated carbocycles. The van der Waals surface area contributed by atoms with Gasteiger partial charge in [0.25, 0.3) is 0 Å². The Labute approximate surface area is 120 Å². The summed E-state index contributed by atoms with van der Waals surface area (Å²) in [5, 5.41) is 0.146. The first kappa shape index (κ1) is 16.4. The molecule has 0 heterocycles. The molecule has 0 aliphatic heterocycles. The second kappa shape index (κ2) is 6.21. The van der Waals surface area contributed by atoms with E-state index in [2.05, 4.69) is 32.6 Å². The summed E-state index contributed by atoms with van der Waals surface area (Å²) >= 11 is 5.85. The summed E-state index contributed by atoms with van der Waals surface area (Å²) in [6, 6.07) is 5.16. The fraction of sp³-hybridized carbons (Fsp3) is 0.600. The molecular weight excluding hydrogens is 263 g/mol. The molecule has 1 rings (SSSR count). The van der Waals surface area contributed by atoms with Crippen LogP contribution in [0.15, 0.2) is 18.2 Å². The summed E-state index contributed by atoms with van der Waals surface area (Å²) < 4.78 is 14.1. The maximum atomic E-state index is 14.1. The van der Waals surface area contributed by atoms with Crippen molar-refractivity contribution in [3.05, 3.63) is 34.6 Å². The average molecular weight is 287 g/mol. The number of benzene rings is 1. The van der Waals surface area contributed by atoms with Gasteiger partial charge in [-0.05, 0) is 25.5 Å². The van der Waals surface area contributed by atoms with E-state index >= 15 is 0 Å². The van der Waals surface area contributed by atoms with Gasteiger partial charge in [0.15, 0.2) is 0 Å². The number of hydrogen-bond donors (Lipinski definition) is 1. The van der Waals surface area contributed by atoms with E-state index in [4.69, 9.17) is 17.3 Å². The third-order valence-corrected chi connectivity index (χ3v) is 4.21. The van der Waals surface area contributed by atoms with Gasteiger partial charge in [0.05, 0.1) is 5.02 Å². The second-order valence-corrected chi connectivity index (χ2v) is 6.51. The molecule has 0 aliphatic rings. The first-order chi connectivity index (χ1) is 8.70. The van der Waals surface area contributed by atoms with Crippen LogP contribution in [0.1, 0.15) is 39.3 Å². The van der Waals surface area contributed by atoms with E-state index in [0.29, 0.717) is 12.1 Å². The zero-order valence-corrected chi connectivity index (χ0v) is 13.1. The lowest BCUT2D eigenvalue weighted by molar-refractivity contribution is 0.0984. The quantitative estimate of drug-likeness (QED) is 0.911. The summed E-state index contributed by atoms with van der Waals surface area (Å²) in [6.07, 6.45) is 0. The molecule has 0 spiro atoms. The van der Waals surface area contributed by atoms with Gasteiger partial charge in [0, 0.05) is 24.2 Å². The van der Waals surface area contributed by atoms with E-state index in [9.17, 15) is 4.39 Å². The fourth-order valence-corrected chi connectivity index (χ4v) is 2.35. The molecule has 2 nitrogen and oxygen atoms in total. The third-order valence-electron chi connectivity index (χ3n) is 3.92. The topological polar surface area (TPSA) is 29.3 Å². The van der Waals surface area contributed by atoms with E-state index in [0.717, 1.165) is 0 Å². The average Bonchev–Trinajstić information content (AvgIpc) is 2.33. The molecule has 0 radical (unpaired) electrons. The number of likely N-dealkylation sites (N-methyl/N-ethyl adjacent to an activating group) is 1. The standard InChI is InChI=1S/C15H24ClFN2/c1-10(15(2,3)4)19(5)13(9-18)11-7-6-8-12(16)14(11)17/h6-8,10,13H,9,18H2,1-5H3. The van der Waals surface area contributed by atoms with Crippen molar-refractivity contribution in [2.24, 2.45) is 11.1 Å². The molecule has 0 fully saturated rings. The van der Waals surface area contributed by atoms with E-state index in [1.807, 2.05) is 7.05 Å². The highest BCUT2D eigenvalue weighted by atomic mass is 35.5. The van der Waals surface area contributed by atoms with Crippen LogP contribution in [0.25, 0.3) is 0 Å². The van der Waals surface area contributed by atoms with Gasteiger partial charge in [-0.3, -0.25) is 4.90 Å². The van der Waals surface area contributed by atoms with Crippen molar-refractivity contribution in [1.82, 2.24) is 4.90 Å². The van der Waals surface area contributed by atoms with E-state index < -0.39 is 0 Å². The van der Waals surface area contributed by atoms with Crippen LogP contribution in [0.4, 0.5) is 4.39 Å². The Morgan fingerprint density at radius 1 is 1.37 bits per heavy atom. The van der Waals surface area contributed by atoms with Gasteiger partial charge in [-0.15, -0.1) is 0 Å². The Balaban J connectivity index is 3.10. The maximum Gasteiger partial charge on any atom is 0.146 e. The lowest BCUT2D eigenvalue weighted by atomic mass is 9.86. The minimum absolute atomic E-state index is 0.0945. The number of rotatable bonds is 4. The minimum Gasteiger partial charge on any atom is -0.329 e. The normalized spacial score (nSPS) is 15.6. The molecule has 2 unspecified atom stereocenters. The molecule has 1 aromatic carbocycles. The van der Waals surface area contributed by atoms with Crippen molar-refractivity contribution >= 4 is 11.6 Å². The SMILES string of the molecule is CC(N(C)C(CN)c1cccc(Cl)c1F)C(C)(C)C. The summed E-state index contributed by atoms with van der Waals surface area (Å²) in [7, 11) is 1.98. The number of hydrogen-bond acceptors (Lipinski definition) is 2. The van der Waals surface area contributed by atoms with Gasteiger partial charge >= 0.3 is 0 Å². The minimum atomic E-state index is -0.368. The predicted molar refractivity (Wildman–Crippen MR) is 79.9 cm³/mol. The van der Waals surface area contributed by atoms with Gasteiger partial charge in [0.1, 0.15) is 5.82 Å². The Hall–Kier alpha value is -0.640. The Bertz CT molecular complexity index is 429. The van der Waals surface area contributed by atoms with Gasteiger partial charge in [0.2, 0.25) is 0 Å². The third kappa shape index (κ3) is 3.68. The molecular formula is C15H24ClFN2. The fourth-order valence-electron chi connectivity index (χ4n) is 2.17. The molecule has 2 N–H and O–H groups in total. The van der Waals surface area contributed by atoms with Crippen LogP contribution < -0.4 is 5.73 Å². The highest BCUT2D eigenvalue weighted by molar-refractivity contribution is 6.30. The summed E-state index contributed by atoms with van der Waals surface area (Å²) in [5.41, 5.74) is 6.51. The van der Waals surface area contributed by atoms with Crippen LogP contribution in [0.3, 0.4) is 0 Å². The van der Waals surface area contributed by atoms with Gasteiger partial charge in [-0.1, -0.05) is 44.5 Å². The molecule has 0 saturated heterocycles. The summed E-state index contributed by atoms with van der Waals surface area (Å²) in [4.78, 5) is 2.12. The van der Waals surface area contributed by atoms with E-state index in [1.165, 1.54) is 0 Å². The molecule has 19 heavy (non-hydrogen) atoms. The van der Waals surface area contributed by atoms with Crippen molar-refractivity contribution < 1.29 is 4.39 Å². The van der Waals surface area contributed by atoms with Crippen LogP contribution in [0, 0.1) is 11.2 Å². The molecule has 0 aliphatic carbocycles. The molecule has 2 atom stereocenters. The Morgan fingerprint density at radius 3 is 2.42 bits per heavy atom. The lowest BCUT2D eigenvalue weighted by Crippen LogP contribution is -2.44. The predicted octanol–water partition coefficient (Wildman–Crippen LogP) is 3.85. The number of nitrogens with two attached hydrogens (primary N) is 1.